The van der Waals surface area contributed by atoms with Crippen molar-refractivity contribution in [2.75, 3.05) is 40.3 Å². The van der Waals surface area contributed by atoms with Crippen molar-refractivity contribution in [3.05, 3.63) is 29.8 Å². The molecule has 0 radical (unpaired) electrons. The number of benzene rings is 1. The third-order valence-corrected chi connectivity index (χ3v) is 3.41. The first-order valence-electron chi connectivity index (χ1n) is 6.54. The number of carbonyl (C=O) groups is 1. The Morgan fingerprint density at radius 3 is 2.63 bits per heavy atom. The molecular formula is C14H21N3O2. The molecule has 1 fully saturated rings. The molecule has 1 heterocycles. The van der Waals surface area contributed by atoms with E-state index in [1.54, 1.807) is 7.11 Å². The zero-order valence-electron chi connectivity index (χ0n) is 11.6. The van der Waals surface area contributed by atoms with Crippen molar-refractivity contribution >= 4 is 6.03 Å². The number of rotatable bonds is 3. The number of piperazine rings is 1. The fourth-order valence-electron chi connectivity index (χ4n) is 2.14. The van der Waals surface area contributed by atoms with Crippen LogP contribution in [0, 0.1) is 0 Å². The van der Waals surface area contributed by atoms with Crippen molar-refractivity contribution in [3.63, 3.8) is 0 Å². The molecule has 5 heteroatoms. The lowest BCUT2D eigenvalue weighted by Crippen LogP contribution is -2.50. The number of urea groups is 1. The van der Waals surface area contributed by atoms with Crippen LogP contribution < -0.4 is 10.1 Å². The molecule has 1 aliphatic rings. The summed E-state index contributed by atoms with van der Waals surface area (Å²) in [6.07, 6.45) is 0. The predicted octanol–water partition coefficient (Wildman–Crippen LogP) is 1.15. The van der Waals surface area contributed by atoms with Crippen LogP contribution >= 0.6 is 0 Å². The lowest BCUT2D eigenvalue weighted by molar-refractivity contribution is 0.154. The van der Waals surface area contributed by atoms with E-state index in [1.165, 1.54) is 0 Å². The van der Waals surface area contributed by atoms with E-state index in [1.807, 2.05) is 29.2 Å². The van der Waals surface area contributed by atoms with Crippen LogP contribution in [0.4, 0.5) is 4.79 Å². The van der Waals surface area contributed by atoms with Gasteiger partial charge in [-0.25, -0.2) is 4.79 Å². The fourth-order valence-corrected chi connectivity index (χ4v) is 2.14. The van der Waals surface area contributed by atoms with E-state index in [9.17, 15) is 4.79 Å². The molecule has 2 rings (SSSR count). The van der Waals surface area contributed by atoms with Gasteiger partial charge in [-0.15, -0.1) is 0 Å². The number of para-hydroxylation sites is 1. The summed E-state index contributed by atoms with van der Waals surface area (Å²) in [5.41, 5.74) is 0.993. The standard InChI is InChI=1S/C14H21N3O2/c1-16-7-9-17(10-8-16)14(18)15-11-12-5-3-4-6-13(12)19-2/h3-6H,7-11H2,1-2H3,(H,15,18). The monoisotopic (exact) mass is 263 g/mol. The molecule has 1 saturated heterocycles. The SMILES string of the molecule is COc1ccccc1CNC(=O)N1CCN(C)CC1. The van der Waals surface area contributed by atoms with Crippen molar-refractivity contribution in [1.29, 1.82) is 0 Å². The first kappa shape index (κ1) is 13.7. The third-order valence-electron chi connectivity index (χ3n) is 3.41. The van der Waals surface area contributed by atoms with Crippen molar-refractivity contribution < 1.29 is 9.53 Å². The molecule has 0 aliphatic carbocycles. The number of carbonyl (C=O) groups excluding carboxylic acids is 1. The maximum absolute atomic E-state index is 12.0. The van der Waals surface area contributed by atoms with Crippen molar-refractivity contribution in [1.82, 2.24) is 15.1 Å². The highest BCUT2D eigenvalue weighted by Crippen LogP contribution is 2.16. The normalized spacial score (nSPS) is 16.2. The van der Waals surface area contributed by atoms with Gasteiger partial charge in [0.15, 0.2) is 0 Å². The highest BCUT2D eigenvalue weighted by Gasteiger charge is 2.18. The molecule has 1 aromatic rings. The van der Waals surface area contributed by atoms with Crippen LogP contribution in [0.1, 0.15) is 5.56 Å². The van der Waals surface area contributed by atoms with Crippen molar-refractivity contribution in [2.45, 2.75) is 6.54 Å². The molecule has 0 bridgehead atoms. The summed E-state index contributed by atoms with van der Waals surface area (Å²) in [5.74, 6) is 0.807. The molecule has 0 aromatic heterocycles. The van der Waals surface area contributed by atoms with E-state index < -0.39 is 0 Å². The first-order valence-corrected chi connectivity index (χ1v) is 6.54. The summed E-state index contributed by atoms with van der Waals surface area (Å²) >= 11 is 0. The van der Waals surface area contributed by atoms with Crippen LogP contribution in [-0.4, -0.2) is 56.2 Å². The number of likely N-dealkylation sites (N-methyl/N-ethyl adjacent to an activating group) is 1. The Balaban J connectivity index is 1.86. The van der Waals surface area contributed by atoms with E-state index in [4.69, 9.17) is 4.74 Å². The van der Waals surface area contributed by atoms with Crippen LogP contribution in [0.5, 0.6) is 5.75 Å². The Bertz CT molecular complexity index is 428. The molecule has 1 aliphatic heterocycles. The van der Waals surface area contributed by atoms with E-state index in [0.717, 1.165) is 37.5 Å². The van der Waals surface area contributed by atoms with Gasteiger partial charge in [0.05, 0.1) is 7.11 Å². The zero-order valence-corrected chi connectivity index (χ0v) is 11.6. The minimum Gasteiger partial charge on any atom is -0.496 e. The van der Waals surface area contributed by atoms with Gasteiger partial charge in [-0.3, -0.25) is 0 Å². The quantitative estimate of drug-likeness (QED) is 0.890. The second-order valence-electron chi connectivity index (χ2n) is 4.76. The zero-order chi connectivity index (χ0) is 13.7. The topological polar surface area (TPSA) is 44.8 Å². The number of hydrogen-bond donors (Lipinski definition) is 1. The first-order chi connectivity index (χ1) is 9.20. The molecule has 5 nitrogen and oxygen atoms in total. The summed E-state index contributed by atoms with van der Waals surface area (Å²) in [4.78, 5) is 16.1. The Labute approximate surface area is 114 Å². The van der Waals surface area contributed by atoms with E-state index in [-0.39, 0.29) is 6.03 Å². The molecule has 0 atom stereocenters. The van der Waals surface area contributed by atoms with Gasteiger partial charge >= 0.3 is 6.03 Å². The number of nitrogens with zero attached hydrogens (tertiary/aromatic N) is 2. The highest BCUT2D eigenvalue weighted by molar-refractivity contribution is 5.74. The molecule has 1 N–H and O–H groups in total. The van der Waals surface area contributed by atoms with Crippen LogP contribution in [0.2, 0.25) is 0 Å². The Hall–Kier alpha value is -1.75. The number of ether oxygens (including phenoxy) is 1. The lowest BCUT2D eigenvalue weighted by atomic mass is 10.2. The molecule has 19 heavy (non-hydrogen) atoms. The van der Waals surface area contributed by atoms with E-state index in [0.29, 0.717) is 6.54 Å². The third kappa shape index (κ3) is 3.61. The van der Waals surface area contributed by atoms with Crippen molar-refractivity contribution in [2.24, 2.45) is 0 Å². The minimum atomic E-state index is -0.000920. The van der Waals surface area contributed by atoms with E-state index >= 15 is 0 Å². The average Bonchev–Trinajstić information content (AvgIpc) is 2.45. The lowest BCUT2D eigenvalue weighted by Gasteiger charge is -2.32. The largest absolute Gasteiger partial charge is 0.496 e. The summed E-state index contributed by atoms with van der Waals surface area (Å²) in [6, 6.07) is 7.73. The number of nitrogens with one attached hydrogen (secondary N) is 1. The smallest absolute Gasteiger partial charge is 0.317 e. The van der Waals surface area contributed by atoms with Gasteiger partial charge < -0.3 is 19.9 Å². The van der Waals surface area contributed by atoms with Gasteiger partial charge in [0, 0.05) is 38.3 Å². The highest BCUT2D eigenvalue weighted by atomic mass is 16.5. The van der Waals surface area contributed by atoms with Gasteiger partial charge in [0.2, 0.25) is 0 Å². The predicted molar refractivity (Wildman–Crippen MR) is 74.3 cm³/mol. The summed E-state index contributed by atoms with van der Waals surface area (Å²) in [5, 5.41) is 2.95. The van der Waals surface area contributed by atoms with Gasteiger partial charge in [-0.05, 0) is 13.1 Å². The van der Waals surface area contributed by atoms with E-state index in [2.05, 4.69) is 17.3 Å². The molecule has 0 spiro atoms. The maximum atomic E-state index is 12.0. The van der Waals surface area contributed by atoms with Gasteiger partial charge in [0.1, 0.15) is 5.75 Å². The van der Waals surface area contributed by atoms with Crippen LogP contribution in [0.25, 0.3) is 0 Å². The molecule has 104 valence electrons. The molecule has 0 unspecified atom stereocenters. The Morgan fingerprint density at radius 1 is 1.26 bits per heavy atom. The molecule has 0 saturated carbocycles. The molecular weight excluding hydrogens is 242 g/mol. The summed E-state index contributed by atoms with van der Waals surface area (Å²) in [7, 11) is 3.71. The average molecular weight is 263 g/mol. The summed E-state index contributed by atoms with van der Waals surface area (Å²) < 4.78 is 5.27. The van der Waals surface area contributed by atoms with Gasteiger partial charge in [-0.2, -0.15) is 0 Å². The summed E-state index contributed by atoms with van der Waals surface area (Å²) in [6.45, 7) is 3.93. The Kier molecular flexibility index (Phi) is 4.63. The number of hydrogen-bond acceptors (Lipinski definition) is 3. The number of amides is 2. The maximum Gasteiger partial charge on any atom is 0.317 e. The van der Waals surface area contributed by atoms with Crippen molar-refractivity contribution in [3.8, 4) is 5.75 Å². The van der Waals surface area contributed by atoms with Crippen LogP contribution in [0.3, 0.4) is 0 Å². The Morgan fingerprint density at radius 2 is 1.95 bits per heavy atom. The van der Waals surface area contributed by atoms with Crippen LogP contribution in [-0.2, 0) is 6.54 Å². The fraction of sp³-hybridized carbons (Fsp3) is 0.500. The number of methoxy groups -OCH3 is 1. The second kappa shape index (κ2) is 6.43. The second-order valence-corrected chi connectivity index (χ2v) is 4.76. The van der Waals surface area contributed by atoms with Gasteiger partial charge in [-0.1, -0.05) is 18.2 Å². The molecule has 1 aromatic carbocycles. The van der Waals surface area contributed by atoms with Crippen LogP contribution in [0.15, 0.2) is 24.3 Å². The van der Waals surface area contributed by atoms with Gasteiger partial charge in [0.25, 0.3) is 0 Å². The molecule has 2 amide bonds. The minimum absolute atomic E-state index is 0.000920.